The van der Waals surface area contributed by atoms with Crippen molar-refractivity contribution in [3.63, 3.8) is 0 Å². The first-order valence-electron chi connectivity index (χ1n) is 4.97. The summed E-state index contributed by atoms with van der Waals surface area (Å²) in [5, 5.41) is 0. The first-order chi connectivity index (χ1) is 5.55. The molecule has 0 bridgehead atoms. The average molecular weight is 182 g/mol. The minimum absolute atomic E-state index is 0.250. The maximum absolute atomic E-state index is 2.36. The highest BCUT2D eigenvalue weighted by molar-refractivity contribution is 6.39. The van der Waals surface area contributed by atoms with Crippen molar-refractivity contribution < 1.29 is 0 Å². The Morgan fingerprint density at radius 2 is 1.31 bits per heavy atom. The van der Waals surface area contributed by atoms with Gasteiger partial charge in [-0.2, -0.15) is 0 Å². The van der Waals surface area contributed by atoms with Crippen LogP contribution in [-0.4, -0.2) is 43.2 Å². The summed E-state index contributed by atoms with van der Waals surface area (Å²) in [7, 11) is 5.34. The summed E-state index contributed by atoms with van der Waals surface area (Å²) in [6.07, 6.45) is 0. The molecule has 2 nitrogen and oxygen atoms in total. The van der Waals surface area contributed by atoms with Gasteiger partial charge in [0.2, 0.25) is 0 Å². The zero-order valence-corrected chi connectivity index (χ0v) is 10.6. The van der Waals surface area contributed by atoms with Crippen LogP contribution < -0.4 is 0 Å². The Kier molecular flexibility index (Phi) is 4.07. The third kappa shape index (κ3) is 4.72. The molecule has 0 aromatic rings. The first kappa shape index (κ1) is 13.0. The lowest BCUT2D eigenvalue weighted by Gasteiger charge is -2.40. The van der Waals surface area contributed by atoms with Crippen LogP contribution in [0, 0.1) is 0 Å². The summed E-state index contributed by atoms with van der Waals surface area (Å²) in [6, 6.07) is 0. The van der Waals surface area contributed by atoms with Crippen molar-refractivity contribution in [1.82, 2.24) is 9.53 Å². The van der Waals surface area contributed by atoms with Crippen molar-refractivity contribution in [2.24, 2.45) is 0 Å². The number of nitrogens with zero attached hydrogens (tertiary/aromatic N) is 2. The van der Waals surface area contributed by atoms with Crippen LogP contribution in [0.5, 0.6) is 0 Å². The molecule has 0 aromatic carbocycles. The minimum atomic E-state index is 0.250. The number of rotatable bonds is 2. The minimum Gasteiger partial charge on any atom is -0.374 e. The van der Waals surface area contributed by atoms with Crippen molar-refractivity contribution in [1.29, 1.82) is 0 Å². The molecule has 0 atom stereocenters. The highest BCUT2D eigenvalue weighted by Crippen LogP contribution is 2.13. The molecule has 0 aliphatic rings. The smallest absolute Gasteiger partial charge is 0.280 e. The van der Waals surface area contributed by atoms with Crippen molar-refractivity contribution in [2.75, 3.05) is 7.05 Å². The molecule has 0 saturated carbocycles. The molecule has 0 saturated heterocycles. The largest absolute Gasteiger partial charge is 0.374 e. The topological polar surface area (TPSA) is 6.48 Å². The molecular weight excluding hydrogens is 158 g/mol. The van der Waals surface area contributed by atoms with Gasteiger partial charge in [0.25, 0.3) is 7.55 Å². The van der Waals surface area contributed by atoms with E-state index in [0.717, 1.165) is 7.55 Å². The van der Waals surface area contributed by atoms with Gasteiger partial charge in [-0.1, -0.05) is 0 Å². The van der Waals surface area contributed by atoms with Gasteiger partial charge in [0.15, 0.2) is 7.98 Å². The van der Waals surface area contributed by atoms with E-state index in [1.165, 1.54) is 0 Å². The van der Waals surface area contributed by atoms with E-state index in [0.29, 0.717) is 0 Å². The van der Waals surface area contributed by atoms with Gasteiger partial charge < -0.3 is 9.53 Å². The summed E-state index contributed by atoms with van der Waals surface area (Å²) in [6.45, 7) is 13.4. The predicted molar refractivity (Wildman–Crippen MR) is 64.8 cm³/mol. The lowest BCUT2D eigenvalue weighted by molar-refractivity contribution is 0.266. The Balaban J connectivity index is 4.15. The molecule has 0 radical (unpaired) electrons. The second kappa shape index (κ2) is 4.05. The lowest BCUT2D eigenvalue weighted by Crippen LogP contribution is -2.53. The molecule has 0 rings (SSSR count). The molecule has 0 unspecified atom stereocenters. The molecule has 0 spiro atoms. The first-order valence-corrected chi connectivity index (χ1v) is 4.97. The van der Waals surface area contributed by atoms with Crippen molar-refractivity contribution in [2.45, 2.75) is 52.6 Å². The molecule has 0 N–H and O–H groups in total. The van der Waals surface area contributed by atoms with E-state index >= 15 is 0 Å². The van der Waals surface area contributed by atoms with Crippen molar-refractivity contribution >= 4 is 15.5 Å². The molecule has 0 aliphatic heterocycles. The van der Waals surface area contributed by atoms with Gasteiger partial charge in [0.05, 0.1) is 0 Å². The van der Waals surface area contributed by atoms with Gasteiger partial charge in [-0.15, -0.1) is 0 Å². The molecule has 4 heteroatoms. The van der Waals surface area contributed by atoms with Gasteiger partial charge in [0.1, 0.15) is 0 Å². The van der Waals surface area contributed by atoms with E-state index < -0.39 is 0 Å². The standard InChI is InChI=1S/C9H24B2N2/c1-8(2,3)12(7)11-13(10)9(4,5)6/h11H,10H2,1-7H3. The summed E-state index contributed by atoms with van der Waals surface area (Å²) in [5.74, 6) is 0. The van der Waals surface area contributed by atoms with E-state index in [2.05, 4.69) is 66.1 Å². The molecule has 0 heterocycles. The average Bonchev–Trinajstić information content (AvgIpc) is 1.82. The Bertz CT molecular complexity index is 140. The van der Waals surface area contributed by atoms with E-state index in [-0.39, 0.29) is 11.1 Å². The van der Waals surface area contributed by atoms with Gasteiger partial charge in [0, 0.05) is 5.54 Å². The number of hydrogen-bond donors (Lipinski definition) is 0. The third-order valence-corrected chi connectivity index (χ3v) is 2.71. The molecule has 0 fully saturated rings. The fourth-order valence-corrected chi connectivity index (χ4v) is 0.742. The maximum atomic E-state index is 2.36. The van der Waals surface area contributed by atoms with Crippen LogP contribution in [0.2, 0.25) is 0 Å². The van der Waals surface area contributed by atoms with Crippen LogP contribution in [0.15, 0.2) is 0 Å². The highest BCUT2D eigenvalue weighted by Gasteiger charge is 2.24. The molecule has 76 valence electrons. The third-order valence-electron chi connectivity index (χ3n) is 2.71. The van der Waals surface area contributed by atoms with Crippen molar-refractivity contribution in [3.05, 3.63) is 0 Å². The van der Waals surface area contributed by atoms with Crippen LogP contribution in [-0.2, 0) is 0 Å². The Hall–Kier alpha value is 0.0499. The van der Waals surface area contributed by atoms with Gasteiger partial charge in [-0.25, -0.2) is 0 Å². The maximum Gasteiger partial charge on any atom is 0.280 e. The second-order valence-electron chi connectivity index (χ2n) is 5.88. The summed E-state index contributed by atoms with van der Waals surface area (Å²) in [5.41, 5.74) is 0.499. The van der Waals surface area contributed by atoms with E-state index in [4.69, 9.17) is 0 Å². The van der Waals surface area contributed by atoms with Crippen LogP contribution in [0.3, 0.4) is 0 Å². The van der Waals surface area contributed by atoms with Crippen LogP contribution in [0.25, 0.3) is 0 Å². The molecular formula is C9H24B2N2. The zero-order chi connectivity index (χ0) is 10.9. The SMILES string of the molecule is BN(BN(C)C(C)(C)C)C(C)(C)C. The second-order valence-corrected chi connectivity index (χ2v) is 5.88. The summed E-state index contributed by atoms with van der Waals surface area (Å²) < 4.78 is 2.36. The number of hydrogen-bond acceptors (Lipinski definition) is 2. The normalized spacial score (nSPS) is 13.9. The van der Waals surface area contributed by atoms with Crippen LogP contribution in [0.1, 0.15) is 41.5 Å². The molecule has 0 amide bonds. The molecule has 0 aliphatic carbocycles. The van der Waals surface area contributed by atoms with Crippen LogP contribution in [0.4, 0.5) is 0 Å². The van der Waals surface area contributed by atoms with Gasteiger partial charge >= 0.3 is 0 Å². The fourth-order valence-electron chi connectivity index (χ4n) is 0.742. The van der Waals surface area contributed by atoms with E-state index in [1.54, 1.807) is 0 Å². The Morgan fingerprint density at radius 1 is 0.923 bits per heavy atom. The highest BCUT2D eigenvalue weighted by atomic mass is 15.2. The molecule has 13 heavy (non-hydrogen) atoms. The van der Waals surface area contributed by atoms with Gasteiger partial charge in [-0.3, -0.25) is 0 Å². The summed E-state index contributed by atoms with van der Waals surface area (Å²) >= 11 is 0. The lowest BCUT2D eigenvalue weighted by atomic mass is 9.85. The fraction of sp³-hybridized carbons (Fsp3) is 1.00. The Labute approximate surface area is 85.4 Å². The quantitative estimate of drug-likeness (QED) is 0.578. The Morgan fingerprint density at radius 3 is 1.54 bits per heavy atom. The summed E-state index contributed by atoms with van der Waals surface area (Å²) in [4.78, 5) is 2.36. The zero-order valence-electron chi connectivity index (χ0n) is 10.6. The predicted octanol–water partition coefficient (Wildman–Crippen LogP) is 0.632. The van der Waals surface area contributed by atoms with Crippen LogP contribution >= 0.6 is 0 Å². The molecule has 0 aromatic heterocycles. The van der Waals surface area contributed by atoms with Crippen molar-refractivity contribution in [3.8, 4) is 0 Å². The van der Waals surface area contributed by atoms with E-state index in [9.17, 15) is 0 Å². The van der Waals surface area contributed by atoms with Gasteiger partial charge in [-0.05, 0) is 54.1 Å². The van der Waals surface area contributed by atoms with E-state index in [1.807, 2.05) is 0 Å². The monoisotopic (exact) mass is 182 g/mol.